The van der Waals surface area contributed by atoms with Crippen LogP contribution in [-0.2, 0) is 12.4 Å². The number of rotatable bonds is 2. The van der Waals surface area contributed by atoms with E-state index in [0.29, 0.717) is 10.7 Å². The average Bonchev–Trinajstić information content (AvgIpc) is 2.30. The molecule has 0 spiro atoms. The first-order valence-electron chi connectivity index (χ1n) is 4.22. The second-order valence-electron chi connectivity index (χ2n) is 2.86. The second-order valence-corrected chi connectivity index (χ2v) is 3.45. The maximum Gasteiger partial charge on any atom is 0.0944 e. The number of hydrogen-bond donors (Lipinski definition) is 0. The van der Waals surface area contributed by atoms with Crippen molar-refractivity contribution in [3.63, 3.8) is 0 Å². The molecule has 15 heavy (non-hydrogen) atoms. The number of hydrogen-bond acceptors (Lipinski definition) is 4. The van der Waals surface area contributed by atoms with Crippen LogP contribution in [0, 0.1) is 0 Å². The predicted molar refractivity (Wildman–Crippen MR) is 61.9 cm³/mol. The summed E-state index contributed by atoms with van der Waals surface area (Å²) in [5, 5.41) is 8.34. The van der Waals surface area contributed by atoms with Gasteiger partial charge in [-0.3, -0.25) is 0 Å². The molecule has 0 saturated heterocycles. The van der Waals surface area contributed by atoms with Gasteiger partial charge >= 0.3 is 0 Å². The molecule has 0 fully saturated rings. The van der Waals surface area contributed by atoms with Crippen LogP contribution in [0.1, 0.15) is 0 Å². The van der Waals surface area contributed by atoms with Gasteiger partial charge in [0.2, 0.25) is 0 Å². The Labute approximate surface area is 97.3 Å². The first-order chi connectivity index (χ1) is 7.31. The molecule has 2 rings (SSSR count). The van der Waals surface area contributed by atoms with Gasteiger partial charge in [-0.2, -0.15) is 14.6 Å². The molecule has 74 valence electrons. The Balaban J connectivity index is 2.51. The summed E-state index contributed by atoms with van der Waals surface area (Å²) in [6.07, 6.45) is 1.62. The SMILES string of the molecule is S=Nc1ccc(-c2cccnn2)c(Cl)c1. The van der Waals surface area contributed by atoms with E-state index in [-0.39, 0.29) is 0 Å². The van der Waals surface area contributed by atoms with Crippen LogP contribution in [0.25, 0.3) is 11.3 Å². The van der Waals surface area contributed by atoms with E-state index in [0.717, 1.165) is 11.3 Å². The lowest BCUT2D eigenvalue weighted by atomic mass is 10.1. The molecule has 0 aliphatic rings. The molecule has 1 heterocycles. The van der Waals surface area contributed by atoms with Crippen LogP contribution < -0.4 is 0 Å². The minimum Gasteiger partial charge on any atom is -0.182 e. The van der Waals surface area contributed by atoms with Crippen molar-refractivity contribution in [2.45, 2.75) is 0 Å². The van der Waals surface area contributed by atoms with Crippen LogP contribution in [-0.4, -0.2) is 10.2 Å². The molecule has 0 bridgehead atoms. The Bertz CT molecular complexity index is 487. The van der Waals surface area contributed by atoms with Crippen LogP contribution in [0.2, 0.25) is 5.02 Å². The normalized spacial score (nSPS) is 9.93. The highest BCUT2D eigenvalue weighted by Crippen LogP contribution is 2.29. The van der Waals surface area contributed by atoms with Gasteiger partial charge in [0.05, 0.1) is 16.4 Å². The number of nitrogens with zero attached hydrogens (tertiary/aromatic N) is 3. The zero-order valence-electron chi connectivity index (χ0n) is 7.59. The van der Waals surface area contributed by atoms with Crippen molar-refractivity contribution in [2.24, 2.45) is 4.36 Å². The third-order valence-electron chi connectivity index (χ3n) is 1.91. The van der Waals surface area contributed by atoms with E-state index >= 15 is 0 Å². The second kappa shape index (κ2) is 4.42. The van der Waals surface area contributed by atoms with Crippen LogP contribution in [0.5, 0.6) is 0 Å². The van der Waals surface area contributed by atoms with Crippen molar-refractivity contribution in [3.05, 3.63) is 41.6 Å². The number of benzene rings is 1. The van der Waals surface area contributed by atoms with E-state index in [2.05, 4.69) is 27.0 Å². The largest absolute Gasteiger partial charge is 0.182 e. The number of halogens is 1. The van der Waals surface area contributed by atoms with Gasteiger partial charge in [0, 0.05) is 24.2 Å². The molecule has 3 nitrogen and oxygen atoms in total. The Hall–Kier alpha value is -1.39. The molecular formula is C10H6ClN3S. The zero-order chi connectivity index (χ0) is 10.7. The molecule has 0 atom stereocenters. The molecule has 0 aliphatic heterocycles. The molecule has 0 radical (unpaired) electrons. The summed E-state index contributed by atoms with van der Waals surface area (Å²) in [4.78, 5) is 0. The Morgan fingerprint density at radius 2 is 2.13 bits per heavy atom. The maximum absolute atomic E-state index is 6.07. The minimum absolute atomic E-state index is 0.571. The molecule has 0 amide bonds. The first kappa shape index (κ1) is 10.1. The standard InChI is InChI=1S/C10H6ClN3S/c11-9-6-7(14-15)3-4-8(9)10-2-1-5-12-13-10/h1-6H. The molecule has 0 unspecified atom stereocenters. The van der Waals surface area contributed by atoms with E-state index < -0.39 is 0 Å². The molecule has 0 saturated carbocycles. The molecule has 2 aromatic rings. The zero-order valence-corrected chi connectivity index (χ0v) is 9.16. The van der Waals surface area contributed by atoms with Gasteiger partial charge in [0.1, 0.15) is 0 Å². The third kappa shape index (κ3) is 2.16. The summed E-state index contributed by atoms with van der Waals surface area (Å²) in [5.74, 6) is 0. The van der Waals surface area contributed by atoms with Gasteiger partial charge in [-0.05, 0) is 30.3 Å². The van der Waals surface area contributed by atoms with Crippen molar-refractivity contribution >= 4 is 29.7 Å². The lowest BCUT2D eigenvalue weighted by Gasteiger charge is -2.02. The highest BCUT2D eigenvalue weighted by molar-refractivity contribution is 7.47. The van der Waals surface area contributed by atoms with Gasteiger partial charge in [0.15, 0.2) is 0 Å². The smallest absolute Gasteiger partial charge is 0.0944 e. The van der Waals surface area contributed by atoms with E-state index in [1.165, 1.54) is 0 Å². The summed E-state index contributed by atoms with van der Waals surface area (Å²) < 4.78 is 3.63. The highest BCUT2D eigenvalue weighted by atomic mass is 35.5. The van der Waals surface area contributed by atoms with Crippen molar-refractivity contribution in [1.29, 1.82) is 0 Å². The summed E-state index contributed by atoms with van der Waals surface area (Å²) in [6, 6.07) is 8.99. The molecular weight excluding hydrogens is 230 g/mol. The Kier molecular flexibility index (Phi) is 2.99. The van der Waals surface area contributed by atoms with Crippen molar-refractivity contribution in [1.82, 2.24) is 10.2 Å². The predicted octanol–water partition coefficient (Wildman–Crippen LogP) is 3.16. The summed E-state index contributed by atoms with van der Waals surface area (Å²) in [5.41, 5.74) is 2.23. The van der Waals surface area contributed by atoms with Crippen molar-refractivity contribution < 1.29 is 0 Å². The molecule has 0 N–H and O–H groups in total. The van der Waals surface area contributed by atoms with E-state index in [9.17, 15) is 0 Å². The van der Waals surface area contributed by atoms with Crippen molar-refractivity contribution in [3.8, 4) is 11.3 Å². The van der Waals surface area contributed by atoms with Crippen molar-refractivity contribution in [2.75, 3.05) is 0 Å². The van der Waals surface area contributed by atoms with Crippen LogP contribution >= 0.6 is 11.6 Å². The average molecular weight is 236 g/mol. The molecule has 1 aromatic carbocycles. The fourth-order valence-corrected chi connectivity index (χ4v) is 1.60. The van der Waals surface area contributed by atoms with Gasteiger partial charge in [-0.15, -0.1) is 0 Å². The monoisotopic (exact) mass is 235 g/mol. The molecule has 1 aromatic heterocycles. The summed E-state index contributed by atoms with van der Waals surface area (Å²) in [6.45, 7) is 0. The minimum atomic E-state index is 0.571. The van der Waals surface area contributed by atoms with Gasteiger partial charge in [-0.25, -0.2) is 0 Å². The maximum atomic E-state index is 6.07. The third-order valence-corrected chi connectivity index (χ3v) is 2.43. The Morgan fingerprint density at radius 3 is 2.73 bits per heavy atom. The molecule has 0 aliphatic carbocycles. The first-order valence-corrected chi connectivity index (χ1v) is 4.96. The lowest BCUT2D eigenvalue weighted by Crippen LogP contribution is -1.86. The molecule has 5 heteroatoms. The summed E-state index contributed by atoms with van der Waals surface area (Å²) in [7, 11) is 0. The van der Waals surface area contributed by atoms with E-state index in [1.807, 2.05) is 18.2 Å². The lowest BCUT2D eigenvalue weighted by molar-refractivity contribution is 1.04. The van der Waals surface area contributed by atoms with Gasteiger partial charge < -0.3 is 0 Å². The Morgan fingerprint density at radius 1 is 1.27 bits per heavy atom. The van der Waals surface area contributed by atoms with Gasteiger partial charge in [0.25, 0.3) is 0 Å². The quantitative estimate of drug-likeness (QED) is 0.803. The van der Waals surface area contributed by atoms with Crippen LogP contribution in [0.15, 0.2) is 40.9 Å². The van der Waals surface area contributed by atoms with Gasteiger partial charge in [-0.1, -0.05) is 11.6 Å². The fourth-order valence-electron chi connectivity index (χ4n) is 1.21. The fraction of sp³-hybridized carbons (Fsp3) is 0. The summed E-state index contributed by atoms with van der Waals surface area (Å²) >= 11 is 10.6. The topological polar surface area (TPSA) is 38.1 Å². The van der Waals surface area contributed by atoms with E-state index in [1.54, 1.807) is 18.3 Å². The van der Waals surface area contributed by atoms with Crippen LogP contribution in [0.4, 0.5) is 5.69 Å². The van der Waals surface area contributed by atoms with Crippen LogP contribution in [0.3, 0.4) is 0 Å². The number of aromatic nitrogens is 2. The highest BCUT2D eigenvalue weighted by Gasteiger charge is 2.05. The van der Waals surface area contributed by atoms with E-state index in [4.69, 9.17) is 11.6 Å².